The highest BCUT2D eigenvalue weighted by molar-refractivity contribution is 5.77. The molecule has 1 fully saturated rings. The van der Waals surface area contributed by atoms with Crippen molar-refractivity contribution in [2.45, 2.75) is 57.5 Å². The minimum atomic E-state index is 0.724. The van der Waals surface area contributed by atoms with Crippen LogP contribution in [0.5, 0.6) is 0 Å². The van der Waals surface area contributed by atoms with E-state index in [2.05, 4.69) is 47.8 Å². The lowest BCUT2D eigenvalue weighted by Crippen LogP contribution is -2.28. The first-order chi connectivity index (χ1) is 10.9. The summed E-state index contributed by atoms with van der Waals surface area (Å²) >= 11 is 0. The molecular formula is C21H25N. The molecule has 2 aliphatic rings. The molecule has 0 aromatic heterocycles. The SMILES string of the molecule is c1ccc2c(c1)Cc1c(CNC3CCCCCC3)cccc1-2. The molecule has 0 spiro atoms. The van der Waals surface area contributed by atoms with Crippen LogP contribution in [0, 0.1) is 0 Å². The molecule has 2 aliphatic carbocycles. The largest absolute Gasteiger partial charge is 0.310 e. The topological polar surface area (TPSA) is 12.0 Å². The summed E-state index contributed by atoms with van der Waals surface area (Å²) in [5, 5.41) is 3.83. The van der Waals surface area contributed by atoms with Crippen molar-refractivity contribution in [3.63, 3.8) is 0 Å². The molecule has 0 atom stereocenters. The fourth-order valence-electron chi connectivity index (χ4n) is 4.13. The standard InChI is InChI=1S/C21H25N/c1-2-4-11-18(10-3-1)22-15-17-9-7-13-20-19-12-6-5-8-16(19)14-21(17)20/h5-9,12-13,18,22H,1-4,10-11,14-15H2. The Balaban J connectivity index is 1.52. The molecule has 4 rings (SSSR count). The normalized spacial score (nSPS) is 17.8. The van der Waals surface area contributed by atoms with Crippen LogP contribution in [0.4, 0.5) is 0 Å². The van der Waals surface area contributed by atoms with Crippen molar-refractivity contribution in [2.24, 2.45) is 0 Å². The summed E-state index contributed by atoms with van der Waals surface area (Å²) in [5.41, 5.74) is 7.42. The average molecular weight is 291 g/mol. The minimum absolute atomic E-state index is 0.724. The number of benzene rings is 2. The lowest BCUT2D eigenvalue weighted by molar-refractivity contribution is 0.458. The molecule has 1 heteroatoms. The van der Waals surface area contributed by atoms with Crippen molar-refractivity contribution >= 4 is 0 Å². The Morgan fingerprint density at radius 3 is 2.45 bits per heavy atom. The molecule has 0 aliphatic heterocycles. The van der Waals surface area contributed by atoms with E-state index in [0.29, 0.717) is 0 Å². The minimum Gasteiger partial charge on any atom is -0.310 e. The van der Waals surface area contributed by atoms with Gasteiger partial charge in [-0.15, -0.1) is 0 Å². The second-order valence-corrected chi connectivity index (χ2v) is 6.85. The van der Waals surface area contributed by atoms with E-state index in [-0.39, 0.29) is 0 Å². The quantitative estimate of drug-likeness (QED) is 0.664. The van der Waals surface area contributed by atoms with Crippen LogP contribution in [-0.2, 0) is 13.0 Å². The van der Waals surface area contributed by atoms with Gasteiger partial charge in [0, 0.05) is 12.6 Å². The highest BCUT2D eigenvalue weighted by Gasteiger charge is 2.20. The van der Waals surface area contributed by atoms with Crippen molar-refractivity contribution in [1.29, 1.82) is 0 Å². The number of nitrogens with one attached hydrogen (secondary N) is 1. The third-order valence-electron chi connectivity index (χ3n) is 5.38. The first kappa shape index (κ1) is 14.0. The van der Waals surface area contributed by atoms with Crippen LogP contribution < -0.4 is 5.32 Å². The summed E-state index contributed by atoms with van der Waals surface area (Å²) in [5.74, 6) is 0. The fourth-order valence-corrected chi connectivity index (χ4v) is 4.13. The van der Waals surface area contributed by atoms with Crippen LogP contribution in [-0.4, -0.2) is 6.04 Å². The zero-order valence-corrected chi connectivity index (χ0v) is 13.3. The Hall–Kier alpha value is -1.60. The first-order valence-corrected chi connectivity index (χ1v) is 8.84. The van der Waals surface area contributed by atoms with Crippen molar-refractivity contribution in [1.82, 2.24) is 5.32 Å². The van der Waals surface area contributed by atoms with Gasteiger partial charge in [0.05, 0.1) is 0 Å². The van der Waals surface area contributed by atoms with Crippen LogP contribution in [0.15, 0.2) is 42.5 Å². The summed E-state index contributed by atoms with van der Waals surface area (Å²) in [7, 11) is 0. The van der Waals surface area contributed by atoms with Gasteiger partial charge in [-0.1, -0.05) is 68.1 Å². The maximum Gasteiger partial charge on any atom is 0.0211 e. The van der Waals surface area contributed by atoms with Crippen LogP contribution in [0.25, 0.3) is 11.1 Å². The maximum absolute atomic E-state index is 3.83. The van der Waals surface area contributed by atoms with Gasteiger partial charge in [0.25, 0.3) is 0 Å². The molecule has 2 aromatic carbocycles. The molecule has 0 radical (unpaired) electrons. The molecule has 0 amide bonds. The van der Waals surface area contributed by atoms with Crippen LogP contribution >= 0.6 is 0 Å². The molecule has 1 N–H and O–H groups in total. The van der Waals surface area contributed by atoms with Gasteiger partial charge >= 0.3 is 0 Å². The lowest BCUT2D eigenvalue weighted by atomic mass is 10.0. The number of rotatable bonds is 3. The number of hydrogen-bond donors (Lipinski definition) is 1. The predicted octanol–water partition coefficient (Wildman–Crippen LogP) is 5.07. The number of hydrogen-bond acceptors (Lipinski definition) is 1. The van der Waals surface area contributed by atoms with Gasteiger partial charge in [0.2, 0.25) is 0 Å². The van der Waals surface area contributed by atoms with E-state index >= 15 is 0 Å². The average Bonchev–Trinajstić information content (AvgIpc) is 2.75. The van der Waals surface area contributed by atoms with Crippen molar-refractivity contribution < 1.29 is 0 Å². The molecule has 0 bridgehead atoms. The van der Waals surface area contributed by atoms with E-state index in [0.717, 1.165) is 19.0 Å². The Kier molecular flexibility index (Phi) is 3.99. The Labute approximate surface area is 133 Å². The lowest BCUT2D eigenvalue weighted by Gasteiger charge is -2.17. The summed E-state index contributed by atoms with van der Waals surface area (Å²) in [6, 6.07) is 16.4. The van der Waals surface area contributed by atoms with Gasteiger partial charge in [-0.3, -0.25) is 0 Å². The van der Waals surface area contributed by atoms with Gasteiger partial charge in [-0.2, -0.15) is 0 Å². The van der Waals surface area contributed by atoms with Crippen molar-refractivity contribution in [2.75, 3.05) is 0 Å². The van der Waals surface area contributed by atoms with Gasteiger partial charge in [-0.05, 0) is 47.1 Å². The van der Waals surface area contributed by atoms with E-state index in [1.54, 1.807) is 5.56 Å². The summed E-state index contributed by atoms with van der Waals surface area (Å²) < 4.78 is 0. The van der Waals surface area contributed by atoms with Crippen LogP contribution in [0.2, 0.25) is 0 Å². The van der Waals surface area contributed by atoms with Crippen LogP contribution in [0.3, 0.4) is 0 Å². The van der Waals surface area contributed by atoms with E-state index in [1.807, 2.05) is 0 Å². The van der Waals surface area contributed by atoms with Gasteiger partial charge < -0.3 is 5.32 Å². The van der Waals surface area contributed by atoms with Gasteiger partial charge in [0.1, 0.15) is 0 Å². The smallest absolute Gasteiger partial charge is 0.0211 e. The van der Waals surface area contributed by atoms with Gasteiger partial charge in [0.15, 0.2) is 0 Å². The maximum atomic E-state index is 3.83. The van der Waals surface area contributed by atoms with Gasteiger partial charge in [-0.25, -0.2) is 0 Å². The molecule has 1 saturated carbocycles. The van der Waals surface area contributed by atoms with E-state index in [1.165, 1.54) is 60.8 Å². The number of fused-ring (bicyclic) bond motifs is 3. The highest BCUT2D eigenvalue weighted by Crippen LogP contribution is 2.38. The Morgan fingerprint density at radius 1 is 0.818 bits per heavy atom. The first-order valence-electron chi connectivity index (χ1n) is 8.84. The zero-order chi connectivity index (χ0) is 14.8. The molecule has 1 nitrogen and oxygen atoms in total. The summed E-state index contributed by atoms with van der Waals surface area (Å²) in [6.07, 6.45) is 9.47. The highest BCUT2D eigenvalue weighted by atomic mass is 14.9. The fraction of sp³-hybridized carbons (Fsp3) is 0.429. The third kappa shape index (κ3) is 2.70. The van der Waals surface area contributed by atoms with E-state index in [4.69, 9.17) is 0 Å². The molecule has 0 heterocycles. The Morgan fingerprint density at radius 2 is 1.59 bits per heavy atom. The second kappa shape index (κ2) is 6.26. The van der Waals surface area contributed by atoms with Crippen molar-refractivity contribution in [3.05, 3.63) is 59.2 Å². The molecule has 0 unspecified atom stereocenters. The predicted molar refractivity (Wildman–Crippen MR) is 93.0 cm³/mol. The summed E-state index contributed by atoms with van der Waals surface area (Å²) in [6.45, 7) is 1.03. The van der Waals surface area contributed by atoms with E-state index < -0.39 is 0 Å². The molecular weight excluding hydrogens is 266 g/mol. The monoisotopic (exact) mass is 291 g/mol. The molecule has 114 valence electrons. The van der Waals surface area contributed by atoms with Crippen LogP contribution in [0.1, 0.15) is 55.2 Å². The van der Waals surface area contributed by atoms with Crippen molar-refractivity contribution in [3.8, 4) is 11.1 Å². The second-order valence-electron chi connectivity index (χ2n) is 6.85. The molecule has 2 aromatic rings. The molecule has 22 heavy (non-hydrogen) atoms. The molecule has 0 saturated heterocycles. The zero-order valence-electron chi connectivity index (χ0n) is 13.3. The third-order valence-corrected chi connectivity index (χ3v) is 5.38. The summed E-state index contributed by atoms with van der Waals surface area (Å²) in [4.78, 5) is 0. The Bertz CT molecular complexity index is 651. The van der Waals surface area contributed by atoms with E-state index in [9.17, 15) is 0 Å².